The Morgan fingerprint density at radius 2 is 1.74 bits per heavy atom. The molecule has 0 saturated carbocycles. The zero-order valence-corrected chi connectivity index (χ0v) is 22.0. The summed E-state index contributed by atoms with van der Waals surface area (Å²) in [5, 5.41) is 0. The third-order valence-electron chi connectivity index (χ3n) is 6.27. The molecule has 4 aromatic rings. The molecule has 0 spiro atoms. The summed E-state index contributed by atoms with van der Waals surface area (Å²) in [6, 6.07) is 22.2. The van der Waals surface area contributed by atoms with Gasteiger partial charge in [0, 0.05) is 25.3 Å². The summed E-state index contributed by atoms with van der Waals surface area (Å²) in [6.45, 7) is 1.89. The second-order valence-corrected chi connectivity index (χ2v) is 9.98. The Balaban J connectivity index is 1.78. The minimum Gasteiger partial charge on any atom is -0.463 e. The molecule has 0 aliphatic carbocycles. The highest BCUT2D eigenvalue weighted by molar-refractivity contribution is 7.07. The Hall–Kier alpha value is -4.30. The fourth-order valence-corrected chi connectivity index (χ4v) is 5.42. The Bertz CT molecular complexity index is 1690. The molecule has 1 atom stereocenters. The van der Waals surface area contributed by atoms with Gasteiger partial charge in [0.1, 0.15) is 5.82 Å². The number of carbonyl (C=O) groups excluding carboxylic acids is 1. The highest BCUT2D eigenvalue weighted by Crippen LogP contribution is 2.35. The van der Waals surface area contributed by atoms with E-state index in [1.165, 1.54) is 28.0 Å². The highest BCUT2D eigenvalue weighted by Gasteiger charge is 2.35. The van der Waals surface area contributed by atoms with Crippen LogP contribution in [0.3, 0.4) is 0 Å². The van der Waals surface area contributed by atoms with Crippen LogP contribution in [0.5, 0.6) is 0 Å². The van der Waals surface area contributed by atoms with Crippen molar-refractivity contribution in [2.75, 3.05) is 25.6 Å². The molecule has 8 heteroatoms. The molecule has 0 amide bonds. The lowest BCUT2D eigenvalue weighted by atomic mass is 9.93. The van der Waals surface area contributed by atoms with Crippen LogP contribution in [0, 0.1) is 5.82 Å². The summed E-state index contributed by atoms with van der Waals surface area (Å²) in [6.07, 6.45) is 1.82. The summed E-state index contributed by atoms with van der Waals surface area (Å²) in [5.41, 5.74) is 3.60. The van der Waals surface area contributed by atoms with E-state index >= 15 is 0 Å². The number of fused-ring (bicyclic) bond motifs is 1. The minimum absolute atomic E-state index is 0.161. The number of halogens is 1. The second-order valence-electron chi connectivity index (χ2n) is 8.97. The van der Waals surface area contributed by atoms with E-state index in [0.29, 0.717) is 20.6 Å². The van der Waals surface area contributed by atoms with Crippen molar-refractivity contribution in [3.8, 4) is 0 Å². The van der Waals surface area contributed by atoms with Crippen LogP contribution in [-0.2, 0) is 9.53 Å². The van der Waals surface area contributed by atoms with Gasteiger partial charge in [-0.3, -0.25) is 9.36 Å². The van der Waals surface area contributed by atoms with Gasteiger partial charge in [0.05, 0.1) is 28.5 Å². The van der Waals surface area contributed by atoms with E-state index in [0.717, 1.165) is 16.8 Å². The zero-order chi connectivity index (χ0) is 26.8. The van der Waals surface area contributed by atoms with Crippen LogP contribution in [0.15, 0.2) is 94.2 Å². The largest absolute Gasteiger partial charge is 0.463 e. The van der Waals surface area contributed by atoms with Crippen LogP contribution in [-0.4, -0.2) is 31.2 Å². The quantitative estimate of drug-likeness (QED) is 0.354. The third kappa shape index (κ3) is 4.82. The predicted octanol–water partition coefficient (Wildman–Crippen LogP) is 4.14. The summed E-state index contributed by atoms with van der Waals surface area (Å²) < 4.78 is 21.3. The molecular formula is C30H26FN3O3S. The van der Waals surface area contributed by atoms with Crippen molar-refractivity contribution in [3.63, 3.8) is 0 Å². The monoisotopic (exact) mass is 527 g/mol. The number of aromatic nitrogens is 1. The van der Waals surface area contributed by atoms with E-state index in [4.69, 9.17) is 9.73 Å². The fourth-order valence-electron chi connectivity index (χ4n) is 4.42. The maximum absolute atomic E-state index is 13.9. The first-order valence-electron chi connectivity index (χ1n) is 12.2. The lowest BCUT2D eigenvalue weighted by Crippen LogP contribution is -2.40. The number of hydrogen-bond acceptors (Lipinski definition) is 6. The van der Waals surface area contributed by atoms with Gasteiger partial charge in [-0.15, -0.1) is 0 Å². The summed E-state index contributed by atoms with van der Waals surface area (Å²) in [5.74, 6) is -0.981. The standard InChI is InChI=1S/C30H26FN3O3S/c1-4-37-29(36)25-26(20-8-6-5-7-9-20)32-30-34(27(25)21-12-14-22(31)15-13-21)28(35)24(38-30)18-19-10-16-23(17-11-19)33(2)3/h5-18,27H,4H2,1-3H3/b24-18-/t27-/m1/s1. The first kappa shape index (κ1) is 25.4. The van der Waals surface area contributed by atoms with Crippen molar-refractivity contribution in [1.82, 2.24) is 4.57 Å². The zero-order valence-electron chi connectivity index (χ0n) is 21.2. The van der Waals surface area contributed by atoms with Gasteiger partial charge >= 0.3 is 5.97 Å². The Labute approximate surface area is 223 Å². The van der Waals surface area contributed by atoms with Crippen molar-refractivity contribution in [2.24, 2.45) is 4.99 Å². The molecule has 0 N–H and O–H groups in total. The predicted molar refractivity (Wildman–Crippen MR) is 148 cm³/mol. The Morgan fingerprint density at radius 1 is 1.05 bits per heavy atom. The molecule has 192 valence electrons. The lowest BCUT2D eigenvalue weighted by molar-refractivity contribution is -0.138. The molecule has 0 fully saturated rings. The van der Waals surface area contributed by atoms with Crippen LogP contribution >= 0.6 is 11.3 Å². The molecule has 1 aromatic heterocycles. The number of ether oxygens (including phenoxy) is 1. The first-order chi connectivity index (χ1) is 18.4. The van der Waals surface area contributed by atoms with E-state index in [9.17, 15) is 14.0 Å². The van der Waals surface area contributed by atoms with Crippen LogP contribution in [0.4, 0.5) is 10.1 Å². The maximum Gasteiger partial charge on any atom is 0.338 e. The minimum atomic E-state index is -0.834. The molecule has 1 aliphatic heterocycles. The summed E-state index contributed by atoms with van der Waals surface area (Å²) in [7, 11) is 3.93. The van der Waals surface area contributed by atoms with Gasteiger partial charge in [0.15, 0.2) is 4.80 Å². The number of carbonyl (C=O) groups is 1. The molecule has 5 rings (SSSR count). The Morgan fingerprint density at radius 3 is 2.37 bits per heavy atom. The van der Waals surface area contributed by atoms with Gasteiger partial charge < -0.3 is 9.64 Å². The van der Waals surface area contributed by atoms with Crippen LogP contribution < -0.4 is 19.8 Å². The van der Waals surface area contributed by atoms with Crippen LogP contribution in [0.25, 0.3) is 11.8 Å². The van der Waals surface area contributed by atoms with E-state index in [-0.39, 0.29) is 17.7 Å². The number of benzene rings is 3. The second kappa shape index (κ2) is 10.6. The fraction of sp³-hybridized carbons (Fsp3) is 0.167. The van der Waals surface area contributed by atoms with Gasteiger partial charge in [-0.2, -0.15) is 0 Å². The number of thiazole rings is 1. The molecule has 0 radical (unpaired) electrons. The van der Waals surface area contributed by atoms with Crippen LogP contribution in [0.1, 0.15) is 29.7 Å². The molecule has 0 unspecified atom stereocenters. The van der Waals surface area contributed by atoms with Gasteiger partial charge in [0.2, 0.25) is 0 Å². The normalized spacial score (nSPS) is 15.2. The topological polar surface area (TPSA) is 63.9 Å². The summed E-state index contributed by atoms with van der Waals surface area (Å²) in [4.78, 5) is 34.5. The molecule has 0 saturated heterocycles. The number of rotatable bonds is 6. The van der Waals surface area contributed by atoms with E-state index in [2.05, 4.69) is 0 Å². The van der Waals surface area contributed by atoms with Crippen molar-refractivity contribution >= 4 is 34.8 Å². The molecule has 0 bridgehead atoms. The van der Waals surface area contributed by atoms with E-state index < -0.39 is 17.8 Å². The smallest absolute Gasteiger partial charge is 0.338 e. The Kier molecular flexibility index (Phi) is 7.07. The molecular weight excluding hydrogens is 501 g/mol. The lowest BCUT2D eigenvalue weighted by Gasteiger charge is -2.25. The van der Waals surface area contributed by atoms with Gasteiger partial charge in [-0.1, -0.05) is 65.9 Å². The average Bonchev–Trinajstić information content (AvgIpc) is 3.23. The number of hydrogen-bond donors (Lipinski definition) is 0. The van der Waals surface area contributed by atoms with Gasteiger partial charge in [0.25, 0.3) is 5.56 Å². The van der Waals surface area contributed by atoms with E-state index in [1.807, 2.05) is 79.7 Å². The SMILES string of the molecule is CCOC(=O)C1=C(c2ccccc2)N=c2s/c(=C\c3ccc(N(C)C)cc3)c(=O)n2[C@@H]1c1ccc(F)cc1. The number of anilines is 1. The first-order valence-corrected chi connectivity index (χ1v) is 13.0. The van der Waals surface area contributed by atoms with Crippen molar-refractivity contribution in [2.45, 2.75) is 13.0 Å². The molecule has 2 heterocycles. The summed E-state index contributed by atoms with van der Waals surface area (Å²) >= 11 is 1.25. The molecule has 3 aromatic carbocycles. The van der Waals surface area contributed by atoms with E-state index in [1.54, 1.807) is 19.1 Å². The van der Waals surface area contributed by atoms with Crippen molar-refractivity contribution in [1.29, 1.82) is 0 Å². The molecule has 38 heavy (non-hydrogen) atoms. The molecule has 6 nitrogen and oxygen atoms in total. The molecule has 1 aliphatic rings. The van der Waals surface area contributed by atoms with Gasteiger partial charge in [-0.25, -0.2) is 14.2 Å². The highest BCUT2D eigenvalue weighted by atomic mass is 32.1. The number of nitrogens with zero attached hydrogens (tertiary/aromatic N) is 3. The van der Waals surface area contributed by atoms with Gasteiger partial charge in [-0.05, 0) is 48.4 Å². The maximum atomic E-state index is 13.9. The average molecular weight is 528 g/mol. The third-order valence-corrected chi connectivity index (χ3v) is 7.25. The van der Waals surface area contributed by atoms with Crippen LogP contribution in [0.2, 0.25) is 0 Å². The number of esters is 1. The van der Waals surface area contributed by atoms with Crippen molar-refractivity contribution in [3.05, 3.63) is 127 Å². The van der Waals surface area contributed by atoms with Crippen molar-refractivity contribution < 1.29 is 13.9 Å².